The number of oxime groups is 1. The maximum Gasteiger partial charge on any atom is 0.318 e. The molecule has 0 saturated heterocycles. The minimum atomic E-state index is -1.51. The van der Waals surface area contributed by atoms with Gasteiger partial charge < -0.3 is 20.2 Å². The second kappa shape index (κ2) is 10.9. The maximum atomic E-state index is 12.6. The molecule has 0 aliphatic carbocycles. The summed E-state index contributed by atoms with van der Waals surface area (Å²) in [6.45, 7) is 0.521. The highest BCUT2D eigenvalue weighted by Gasteiger charge is 2.25. The smallest absolute Gasteiger partial charge is 0.318 e. The fourth-order valence-corrected chi connectivity index (χ4v) is 4.75. The lowest BCUT2D eigenvalue weighted by Crippen LogP contribution is -2.25. The van der Waals surface area contributed by atoms with Crippen molar-refractivity contribution in [1.29, 1.82) is 0 Å². The van der Waals surface area contributed by atoms with Gasteiger partial charge in [0, 0.05) is 11.1 Å². The molecule has 0 unspecified atom stereocenters. The van der Waals surface area contributed by atoms with Crippen LogP contribution in [0.15, 0.2) is 82.7 Å². The largest absolute Gasteiger partial charge is 0.492 e. The van der Waals surface area contributed by atoms with Crippen molar-refractivity contribution in [1.82, 2.24) is 4.57 Å². The summed E-state index contributed by atoms with van der Waals surface area (Å²) in [4.78, 5) is 34.6. The van der Waals surface area contributed by atoms with E-state index < -0.39 is 17.9 Å². The first-order valence-corrected chi connectivity index (χ1v) is 11.8. The van der Waals surface area contributed by atoms with E-state index in [-0.39, 0.29) is 17.9 Å². The summed E-state index contributed by atoms with van der Waals surface area (Å²) in [6, 6.07) is 21.2. The number of fused-ring (bicyclic) bond motifs is 1. The fourth-order valence-electron chi connectivity index (χ4n) is 3.80. The van der Waals surface area contributed by atoms with Gasteiger partial charge in [-0.25, -0.2) is 0 Å². The number of aromatic nitrogens is 1. The van der Waals surface area contributed by atoms with E-state index in [0.717, 1.165) is 27.1 Å². The average molecular weight is 507 g/mol. The SMILES string of the molecule is O=C(O)C(Cc1ccc(OCCn2c(=O)sc3cc(C(=NO)c4ccccc4)ccc32)cc1)C(=O)O. The number of carboxylic acid groups (broad SMARTS) is 2. The Bertz CT molecular complexity index is 1460. The van der Waals surface area contributed by atoms with Crippen LogP contribution in [0.3, 0.4) is 0 Å². The average Bonchev–Trinajstić information content (AvgIpc) is 3.18. The van der Waals surface area contributed by atoms with Gasteiger partial charge in [-0.2, -0.15) is 0 Å². The van der Waals surface area contributed by atoms with Crippen LogP contribution in [0.1, 0.15) is 16.7 Å². The Balaban J connectivity index is 1.43. The van der Waals surface area contributed by atoms with E-state index in [9.17, 15) is 19.6 Å². The number of ether oxygens (including phenoxy) is 1. The van der Waals surface area contributed by atoms with Crippen molar-refractivity contribution in [3.8, 4) is 5.75 Å². The lowest BCUT2D eigenvalue weighted by molar-refractivity contribution is -0.154. The highest BCUT2D eigenvalue weighted by molar-refractivity contribution is 7.16. The molecule has 184 valence electrons. The maximum absolute atomic E-state index is 12.6. The van der Waals surface area contributed by atoms with E-state index >= 15 is 0 Å². The first-order chi connectivity index (χ1) is 17.4. The molecule has 0 aliphatic heterocycles. The molecular formula is C26H22N2O7S. The number of thiazole rings is 1. The minimum absolute atomic E-state index is 0.129. The van der Waals surface area contributed by atoms with E-state index in [1.54, 1.807) is 34.9 Å². The summed E-state index contributed by atoms with van der Waals surface area (Å²) in [5.41, 5.74) is 3.16. The third kappa shape index (κ3) is 5.44. The van der Waals surface area contributed by atoms with E-state index in [1.807, 2.05) is 42.5 Å². The monoisotopic (exact) mass is 506 g/mol. The number of rotatable bonds is 10. The van der Waals surface area contributed by atoms with Crippen LogP contribution in [0.25, 0.3) is 10.2 Å². The van der Waals surface area contributed by atoms with Crippen LogP contribution >= 0.6 is 11.3 Å². The zero-order valence-corrected chi connectivity index (χ0v) is 19.7. The summed E-state index contributed by atoms with van der Waals surface area (Å²) in [6.07, 6.45) is -0.129. The zero-order valence-electron chi connectivity index (χ0n) is 18.9. The third-order valence-electron chi connectivity index (χ3n) is 5.63. The minimum Gasteiger partial charge on any atom is -0.492 e. The van der Waals surface area contributed by atoms with Crippen LogP contribution in [0.4, 0.5) is 0 Å². The van der Waals surface area contributed by atoms with Gasteiger partial charge in [0.1, 0.15) is 18.1 Å². The van der Waals surface area contributed by atoms with Gasteiger partial charge in [-0.3, -0.25) is 19.0 Å². The number of carbonyl (C=O) groups is 2. The van der Waals surface area contributed by atoms with Crippen molar-refractivity contribution < 1.29 is 29.7 Å². The van der Waals surface area contributed by atoms with Crippen molar-refractivity contribution in [2.24, 2.45) is 11.1 Å². The lowest BCUT2D eigenvalue weighted by atomic mass is 10.00. The van der Waals surface area contributed by atoms with Crippen molar-refractivity contribution >= 4 is 39.2 Å². The van der Waals surface area contributed by atoms with E-state index in [4.69, 9.17) is 14.9 Å². The van der Waals surface area contributed by atoms with E-state index in [1.165, 1.54) is 0 Å². The molecule has 4 rings (SSSR count). The molecule has 4 aromatic rings. The third-order valence-corrected chi connectivity index (χ3v) is 6.57. The van der Waals surface area contributed by atoms with Gasteiger partial charge in [0.2, 0.25) is 0 Å². The molecule has 10 heteroatoms. The quantitative estimate of drug-likeness (QED) is 0.129. The number of benzene rings is 3. The Morgan fingerprint density at radius 2 is 1.64 bits per heavy atom. The molecule has 3 aromatic carbocycles. The van der Waals surface area contributed by atoms with Crippen LogP contribution in [0.2, 0.25) is 0 Å². The first kappa shape index (κ1) is 24.7. The Morgan fingerprint density at radius 3 is 2.28 bits per heavy atom. The molecule has 1 aromatic heterocycles. The number of nitrogens with zero attached hydrogens (tertiary/aromatic N) is 2. The predicted molar refractivity (Wildman–Crippen MR) is 134 cm³/mol. The fraction of sp³-hybridized carbons (Fsp3) is 0.154. The summed E-state index contributed by atoms with van der Waals surface area (Å²) >= 11 is 1.09. The summed E-state index contributed by atoms with van der Waals surface area (Å²) < 4.78 is 8.10. The van der Waals surface area contributed by atoms with Crippen LogP contribution in [0, 0.1) is 5.92 Å². The second-order valence-electron chi connectivity index (χ2n) is 7.94. The van der Waals surface area contributed by atoms with Gasteiger partial charge in [-0.1, -0.05) is 65.0 Å². The highest BCUT2D eigenvalue weighted by atomic mass is 32.1. The Morgan fingerprint density at radius 1 is 0.944 bits per heavy atom. The Labute approximate surface area is 209 Å². The van der Waals surface area contributed by atoms with Crippen molar-refractivity contribution in [3.63, 3.8) is 0 Å². The molecule has 1 heterocycles. The molecule has 0 amide bonds. The molecule has 0 spiro atoms. The van der Waals surface area contributed by atoms with Crippen LogP contribution in [-0.4, -0.2) is 44.2 Å². The molecule has 0 radical (unpaired) electrons. The topological polar surface area (TPSA) is 138 Å². The van der Waals surface area contributed by atoms with E-state index in [2.05, 4.69) is 5.16 Å². The van der Waals surface area contributed by atoms with Gasteiger partial charge in [0.15, 0.2) is 5.92 Å². The van der Waals surface area contributed by atoms with Gasteiger partial charge in [0.05, 0.1) is 16.8 Å². The van der Waals surface area contributed by atoms with Crippen molar-refractivity contribution in [2.75, 3.05) is 6.61 Å². The first-order valence-electron chi connectivity index (χ1n) is 11.0. The Kier molecular flexibility index (Phi) is 7.45. The summed E-state index contributed by atoms with van der Waals surface area (Å²) in [5.74, 6) is -3.77. The van der Waals surface area contributed by atoms with Crippen molar-refractivity contribution in [3.05, 3.63) is 99.2 Å². The summed E-state index contributed by atoms with van der Waals surface area (Å²) in [7, 11) is 0. The van der Waals surface area contributed by atoms with Gasteiger partial charge in [-0.15, -0.1) is 0 Å². The molecule has 0 aliphatic rings. The van der Waals surface area contributed by atoms with E-state index in [0.29, 0.717) is 29.1 Å². The van der Waals surface area contributed by atoms with Gasteiger partial charge in [-0.05, 0) is 36.2 Å². The molecule has 0 fully saturated rings. The number of hydrogen-bond donors (Lipinski definition) is 3. The van der Waals surface area contributed by atoms with Crippen LogP contribution in [0.5, 0.6) is 5.75 Å². The zero-order chi connectivity index (χ0) is 25.7. The molecule has 0 bridgehead atoms. The molecule has 36 heavy (non-hydrogen) atoms. The molecule has 0 saturated carbocycles. The number of carboxylic acids is 2. The number of aliphatic carboxylic acids is 2. The molecule has 3 N–H and O–H groups in total. The van der Waals surface area contributed by atoms with Gasteiger partial charge >= 0.3 is 16.8 Å². The van der Waals surface area contributed by atoms with Crippen LogP contribution in [-0.2, 0) is 22.6 Å². The lowest BCUT2D eigenvalue weighted by Gasteiger charge is -2.10. The number of hydrogen-bond acceptors (Lipinski definition) is 7. The Hall–Kier alpha value is -4.44. The molecule has 9 nitrogen and oxygen atoms in total. The second-order valence-corrected chi connectivity index (χ2v) is 8.94. The van der Waals surface area contributed by atoms with Crippen molar-refractivity contribution in [2.45, 2.75) is 13.0 Å². The van der Waals surface area contributed by atoms with Gasteiger partial charge in [0.25, 0.3) is 0 Å². The highest BCUT2D eigenvalue weighted by Crippen LogP contribution is 2.22. The molecule has 0 atom stereocenters. The normalized spacial score (nSPS) is 11.6. The standard InChI is InChI=1S/C26H22N2O7S/c29-24(30)20(25(31)32)14-16-6-9-19(10-7-16)35-13-12-28-21-11-8-18(15-22(21)36-26(28)33)23(27-34)17-4-2-1-3-5-17/h1-11,15,20,34H,12-14H2,(H,29,30)(H,31,32). The van der Waals surface area contributed by atoms with Crippen LogP contribution < -0.4 is 9.61 Å². The summed E-state index contributed by atoms with van der Waals surface area (Å²) in [5, 5.41) is 31.0. The molecular weight excluding hydrogens is 484 g/mol. The predicted octanol–water partition coefficient (Wildman–Crippen LogP) is 3.70.